The van der Waals surface area contributed by atoms with Gasteiger partial charge in [0, 0.05) is 18.5 Å². The Hall–Kier alpha value is -4.26. The number of aliphatic hydroxyl groups is 1. The summed E-state index contributed by atoms with van der Waals surface area (Å²) in [7, 11) is 0. The molecule has 0 aliphatic carbocycles. The molecule has 1 N–H and O–H groups in total. The number of aliphatic hydroxyl groups excluding tert-OH is 1. The lowest BCUT2D eigenvalue weighted by Gasteiger charge is -2.26. The van der Waals surface area contributed by atoms with Crippen molar-refractivity contribution in [3.8, 4) is 17.2 Å². The van der Waals surface area contributed by atoms with Gasteiger partial charge in [-0.15, -0.1) is 0 Å². The average molecular weight is 570 g/mol. The summed E-state index contributed by atoms with van der Waals surface area (Å²) in [5.74, 6) is 0.882. The summed E-state index contributed by atoms with van der Waals surface area (Å²) in [6, 6.07) is 19.9. The minimum absolute atomic E-state index is 0.0409. The molecule has 42 heavy (non-hydrogen) atoms. The molecule has 1 fully saturated rings. The van der Waals surface area contributed by atoms with Gasteiger partial charge < -0.3 is 24.2 Å². The van der Waals surface area contributed by atoms with Crippen molar-refractivity contribution in [2.24, 2.45) is 5.92 Å². The van der Waals surface area contributed by atoms with Crippen LogP contribution in [0.2, 0.25) is 0 Å². The molecular weight excluding hydrogens is 530 g/mol. The van der Waals surface area contributed by atoms with Crippen LogP contribution >= 0.6 is 0 Å². The van der Waals surface area contributed by atoms with Crippen molar-refractivity contribution in [3.63, 3.8) is 0 Å². The molecule has 220 valence electrons. The van der Waals surface area contributed by atoms with Crippen LogP contribution in [-0.4, -0.2) is 47.6 Å². The molecule has 2 atom stereocenters. The van der Waals surface area contributed by atoms with E-state index < -0.39 is 17.7 Å². The normalized spacial score (nSPS) is 19.2. The van der Waals surface area contributed by atoms with Crippen LogP contribution in [0.5, 0.6) is 17.2 Å². The predicted molar refractivity (Wildman–Crippen MR) is 162 cm³/mol. The fraction of sp³-hybridized carbons (Fsp3) is 0.371. The van der Waals surface area contributed by atoms with Crippen molar-refractivity contribution in [1.29, 1.82) is 0 Å². The Balaban J connectivity index is 1.56. The fourth-order valence-corrected chi connectivity index (χ4v) is 5.56. The second kappa shape index (κ2) is 12.7. The van der Waals surface area contributed by atoms with Crippen molar-refractivity contribution in [1.82, 2.24) is 4.90 Å². The molecule has 0 saturated carbocycles. The van der Waals surface area contributed by atoms with Crippen molar-refractivity contribution < 1.29 is 28.9 Å². The maximum absolute atomic E-state index is 13.6. The minimum atomic E-state index is -0.791. The van der Waals surface area contributed by atoms with Gasteiger partial charge in [0.05, 0.1) is 24.8 Å². The van der Waals surface area contributed by atoms with E-state index in [1.807, 2.05) is 74.5 Å². The molecule has 0 aromatic heterocycles. The maximum atomic E-state index is 13.6. The van der Waals surface area contributed by atoms with Gasteiger partial charge in [-0.3, -0.25) is 9.59 Å². The number of ether oxygens (including phenoxy) is 3. The molecule has 2 heterocycles. The number of hydrogen-bond donors (Lipinski definition) is 1. The molecule has 3 aromatic carbocycles. The Bertz CT molecular complexity index is 1480. The monoisotopic (exact) mass is 569 g/mol. The fourth-order valence-electron chi connectivity index (χ4n) is 5.56. The topological polar surface area (TPSA) is 85.3 Å². The number of nitrogens with zero attached hydrogens (tertiary/aromatic N) is 1. The zero-order chi connectivity index (χ0) is 29.8. The van der Waals surface area contributed by atoms with E-state index in [1.165, 1.54) is 0 Å². The highest BCUT2D eigenvalue weighted by Gasteiger charge is 2.46. The average Bonchev–Trinajstić information content (AvgIpc) is 3.47. The summed E-state index contributed by atoms with van der Waals surface area (Å²) in [5, 5.41) is 11.6. The van der Waals surface area contributed by atoms with E-state index in [0.717, 1.165) is 23.3 Å². The van der Waals surface area contributed by atoms with Crippen LogP contribution in [0.15, 0.2) is 72.3 Å². The first-order chi connectivity index (χ1) is 20.3. The summed E-state index contributed by atoms with van der Waals surface area (Å²) < 4.78 is 17.8. The Morgan fingerprint density at radius 3 is 2.55 bits per heavy atom. The lowest BCUT2D eigenvalue weighted by Crippen LogP contribution is -2.31. The Morgan fingerprint density at radius 1 is 1.02 bits per heavy atom. The van der Waals surface area contributed by atoms with E-state index in [9.17, 15) is 14.7 Å². The van der Waals surface area contributed by atoms with Gasteiger partial charge in [-0.2, -0.15) is 0 Å². The van der Waals surface area contributed by atoms with Crippen LogP contribution in [0.1, 0.15) is 62.4 Å². The van der Waals surface area contributed by atoms with E-state index in [2.05, 4.69) is 13.8 Å². The highest BCUT2D eigenvalue weighted by Crippen LogP contribution is 2.43. The van der Waals surface area contributed by atoms with Gasteiger partial charge in [0.1, 0.15) is 17.6 Å². The SMILES string of the molecule is CCOc1cc([C@@H]2C(=C(O)c3ccc4c(c3)C[C@H](C)O4)C(=O)C(=O)N2CCc2ccccc2)ccc1OCCC(C)C. The lowest BCUT2D eigenvalue weighted by atomic mass is 9.94. The number of carbonyl (C=O) groups excluding carboxylic acids is 2. The first-order valence-electron chi connectivity index (χ1n) is 14.8. The third-order valence-electron chi connectivity index (χ3n) is 7.73. The number of benzene rings is 3. The zero-order valence-electron chi connectivity index (χ0n) is 24.8. The molecule has 0 bridgehead atoms. The van der Waals surface area contributed by atoms with Gasteiger partial charge in [-0.25, -0.2) is 0 Å². The third kappa shape index (κ3) is 6.15. The molecule has 1 saturated heterocycles. The first-order valence-corrected chi connectivity index (χ1v) is 14.8. The molecular formula is C35H39NO6. The molecule has 7 nitrogen and oxygen atoms in total. The van der Waals surface area contributed by atoms with Crippen LogP contribution in [0.4, 0.5) is 0 Å². The molecule has 0 unspecified atom stereocenters. The summed E-state index contributed by atoms with van der Waals surface area (Å²) in [6.45, 7) is 9.45. The molecule has 3 aromatic rings. The molecule has 0 spiro atoms. The smallest absolute Gasteiger partial charge is 0.295 e. The van der Waals surface area contributed by atoms with Gasteiger partial charge in [-0.1, -0.05) is 50.2 Å². The van der Waals surface area contributed by atoms with E-state index in [1.54, 1.807) is 11.0 Å². The molecule has 7 heteroatoms. The van der Waals surface area contributed by atoms with Crippen molar-refractivity contribution in [2.75, 3.05) is 19.8 Å². The Kier molecular flexibility index (Phi) is 8.86. The second-order valence-corrected chi connectivity index (χ2v) is 11.4. The standard InChI is InChI=1S/C35H39NO6/c1-5-40-30-21-25(11-14-29(30)41-18-16-22(2)3)32-31(33(37)26-12-13-28-27(20-26)19-23(4)42-28)34(38)35(39)36(32)17-15-24-9-7-6-8-10-24/h6-14,20-23,32,37H,5,15-19H2,1-4H3/t23-,32+/m0/s1. The van der Waals surface area contributed by atoms with Gasteiger partial charge in [-0.05, 0) is 79.6 Å². The second-order valence-electron chi connectivity index (χ2n) is 11.4. The number of Topliss-reactive ketones (excluding diaryl/α,β-unsaturated/α-hetero) is 1. The highest BCUT2D eigenvalue weighted by atomic mass is 16.5. The largest absolute Gasteiger partial charge is 0.507 e. The number of rotatable bonds is 11. The van der Waals surface area contributed by atoms with E-state index in [4.69, 9.17) is 14.2 Å². The Labute approximate surface area is 247 Å². The maximum Gasteiger partial charge on any atom is 0.295 e. The number of ketones is 1. The van der Waals surface area contributed by atoms with Crippen LogP contribution in [0.25, 0.3) is 5.76 Å². The quantitative estimate of drug-likeness (QED) is 0.161. The van der Waals surface area contributed by atoms with E-state index in [0.29, 0.717) is 61.1 Å². The van der Waals surface area contributed by atoms with Crippen LogP contribution in [0.3, 0.4) is 0 Å². The molecule has 5 rings (SSSR count). The highest BCUT2D eigenvalue weighted by molar-refractivity contribution is 6.46. The van der Waals surface area contributed by atoms with E-state index in [-0.39, 0.29) is 17.4 Å². The van der Waals surface area contributed by atoms with Crippen molar-refractivity contribution in [3.05, 3.63) is 94.6 Å². The number of hydrogen-bond acceptors (Lipinski definition) is 6. The summed E-state index contributed by atoms with van der Waals surface area (Å²) in [4.78, 5) is 28.7. The molecule has 0 radical (unpaired) electrons. The van der Waals surface area contributed by atoms with Gasteiger partial charge in [0.15, 0.2) is 11.5 Å². The zero-order valence-corrected chi connectivity index (χ0v) is 24.8. The van der Waals surface area contributed by atoms with E-state index >= 15 is 0 Å². The van der Waals surface area contributed by atoms with Crippen LogP contribution in [0, 0.1) is 5.92 Å². The number of likely N-dealkylation sites (tertiary alicyclic amines) is 1. The van der Waals surface area contributed by atoms with Crippen LogP contribution in [-0.2, 0) is 22.4 Å². The van der Waals surface area contributed by atoms with Gasteiger partial charge in [0.25, 0.3) is 11.7 Å². The van der Waals surface area contributed by atoms with Crippen molar-refractivity contribution >= 4 is 17.4 Å². The number of carbonyl (C=O) groups is 2. The predicted octanol–water partition coefficient (Wildman–Crippen LogP) is 6.50. The summed E-state index contributed by atoms with van der Waals surface area (Å²) >= 11 is 0. The third-order valence-corrected chi connectivity index (χ3v) is 7.73. The van der Waals surface area contributed by atoms with Gasteiger partial charge in [0.2, 0.25) is 0 Å². The van der Waals surface area contributed by atoms with Crippen molar-refractivity contribution in [2.45, 2.75) is 59.1 Å². The molecule has 2 aliphatic rings. The number of amides is 1. The molecule has 2 aliphatic heterocycles. The lowest BCUT2D eigenvalue weighted by molar-refractivity contribution is -0.139. The molecule has 1 amide bonds. The van der Waals surface area contributed by atoms with Crippen LogP contribution < -0.4 is 14.2 Å². The number of fused-ring (bicyclic) bond motifs is 1. The van der Waals surface area contributed by atoms with Gasteiger partial charge >= 0.3 is 0 Å². The first kappa shape index (κ1) is 29.2. The minimum Gasteiger partial charge on any atom is -0.507 e. The summed E-state index contributed by atoms with van der Waals surface area (Å²) in [6.07, 6.45) is 2.21. The Morgan fingerprint density at radius 2 is 1.81 bits per heavy atom. The summed E-state index contributed by atoms with van der Waals surface area (Å²) in [5.41, 5.74) is 3.23.